The van der Waals surface area contributed by atoms with Crippen molar-refractivity contribution in [2.24, 2.45) is 0 Å². The van der Waals surface area contributed by atoms with E-state index >= 15 is 0 Å². The van der Waals surface area contributed by atoms with E-state index in [-0.39, 0.29) is 18.4 Å². The Morgan fingerprint density at radius 3 is 2.28 bits per heavy atom. The fraction of sp³-hybridized carbons (Fsp3) is 0.364. The van der Waals surface area contributed by atoms with E-state index in [2.05, 4.69) is 25.9 Å². The number of hydrogen-bond acceptors (Lipinski definition) is 6. The molecule has 0 N–H and O–H groups in total. The lowest BCUT2D eigenvalue weighted by molar-refractivity contribution is -0.140. The number of rotatable bonds is 7. The number of halogens is 3. The first-order valence-electron chi connectivity index (χ1n) is 9.90. The van der Waals surface area contributed by atoms with Crippen LogP contribution in [0.15, 0.2) is 36.8 Å². The zero-order valence-electron chi connectivity index (χ0n) is 18.3. The van der Waals surface area contributed by atoms with Crippen LogP contribution in [0.2, 0.25) is 0 Å². The molecule has 7 nitrogen and oxygen atoms in total. The number of terminal acetylenes is 1. The molecule has 0 amide bonds. The molecule has 2 heterocycles. The van der Waals surface area contributed by atoms with Crippen molar-refractivity contribution >= 4 is 11.9 Å². The van der Waals surface area contributed by atoms with Gasteiger partial charge in [-0.2, -0.15) is 18.2 Å². The Kier molecular flexibility index (Phi) is 6.67. The van der Waals surface area contributed by atoms with E-state index in [9.17, 15) is 13.2 Å². The van der Waals surface area contributed by atoms with Crippen molar-refractivity contribution in [1.82, 2.24) is 24.5 Å². The Morgan fingerprint density at radius 1 is 1.06 bits per heavy atom. The van der Waals surface area contributed by atoms with E-state index in [0.29, 0.717) is 24.0 Å². The van der Waals surface area contributed by atoms with Gasteiger partial charge < -0.3 is 14.4 Å². The van der Waals surface area contributed by atoms with Crippen molar-refractivity contribution in [2.75, 3.05) is 30.4 Å². The molecule has 32 heavy (non-hydrogen) atoms. The highest BCUT2D eigenvalue weighted by atomic mass is 19.4. The summed E-state index contributed by atoms with van der Waals surface area (Å²) in [5, 5.41) is 0. The van der Waals surface area contributed by atoms with E-state index in [1.54, 1.807) is 17.0 Å². The van der Waals surface area contributed by atoms with Crippen molar-refractivity contribution in [3.63, 3.8) is 0 Å². The Hall–Kier alpha value is -3.61. The maximum atomic E-state index is 13.2. The lowest BCUT2D eigenvalue weighted by Gasteiger charge is -2.21. The minimum Gasteiger partial charge on any atom is -0.347 e. The Morgan fingerprint density at radius 2 is 1.72 bits per heavy atom. The zero-order valence-corrected chi connectivity index (χ0v) is 18.3. The standard InChI is InChI=1S/C22H24F3N7/c1-6-11-31(21-27-14-26-20(29-21)30(4)5)12-16-7-9-17(10-8-16)19-28-18(22(23,24)25)13-32(19)15(2)3/h1,7-10,13-15H,11-12H2,2-5H3. The molecule has 0 radical (unpaired) electrons. The second kappa shape index (κ2) is 9.26. The van der Waals surface area contributed by atoms with Crippen molar-refractivity contribution in [3.05, 3.63) is 48.0 Å². The van der Waals surface area contributed by atoms with Gasteiger partial charge in [0.05, 0.1) is 6.54 Å². The molecule has 0 aliphatic rings. The SMILES string of the molecule is C#CCN(Cc1ccc(-c2nc(C(F)(F)F)cn2C(C)C)cc1)c1ncnc(N(C)C)n1. The Balaban J connectivity index is 1.87. The molecule has 2 aromatic heterocycles. The molecular weight excluding hydrogens is 419 g/mol. The molecule has 0 bridgehead atoms. The van der Waals surface area contributed by atoms with Gasteiger partial charge in [0.2, 0.25) is 11.9 Å². The van der Waals surface area contributed by atoms with Crippen LogP contribution in [-0.4, -0.2) is 45.1 Å². The third-order valence-electron chi connectivity index (χ3n) is 4.68. The van der Waals surface area contributed by atoms with Gasteiger partial charge in [0, 0.05) is 38.4 Å². The number of aromatic nitrogens is 5. The first kappa shape index (κ1) is 23.1. The summed E-state index contributed by atoms with van der Waals surface area (Å²) in [4.78, 5) is 20.2. The summed E-state index contributed by atoms with van der Waals surface area (Å²) in [5.41, 5.74) is 0.586. The summed E-state index contributed by atoms with van der Waals surface area (Å²) in [5.74, 6) is 3.82. The van der Waals surface area contributed by atoms with Crippen molar-refractivity contribution < 1.29 is 13.2 Å². The molecule has 0 aliphatic carbocycles. The molecular formula is C22H24F3N7. The van der Waals surface area contributed by atoms with E-state index in [4.69, 9.17) is 6.42 Å². The molecule has 0 aliphatic heterocycles. The lowest BCUT2D eigenvalue weighted by Crippen LogP contribution is -2.26. The van der Waals surface area contributed by atoms with Gasteiger partial charge in [-0.25, -0.2) is 15.0 Å². The third kappa shape index (κ3) is 5.17. The van der Waals surface area contributed by atoms with Crippen molar-refractivity contribution in [1.29, 1.82) is 0 Å². The van der Waals surface area contributed by atoms with Gasteiger partial charge in [-0.1, -0.05) is 30.2 Å². The number of benzene rings is 1. The molecule has 1 aromatic carbocycles. The van der Waals surface area contributed by atoms with Crippen LogP contribution < -0.4 is 9.80 Å². The minimum atomic E-state index is -4.50. The van der Waals surface area contributed by atoms with Crippen LogP contribution in [-0.2, 0) is 12.7 Å². The fourth-order valence-electron chi connectivity index (χ4n) is 3.07. The predicted molar refractivity (Wildman–Crippen MR) is 117 cm³/mol. The topological polar surface area (TPSA) is 63.0 Å². The molecule has 0 saturated heterocycles. The quantitative estimate of drug-likeness (QED) is 0.514. The highest BCUT2D eigenvalue weighted by Gasteiger charge is 2.35. The van der Waals surface area contributed by atoms with Gasteiger partial charge in [0.25, 0.3) is 0 Å². The van der Waals surface area contributed by atoms with Crippen LogP contribution in [0, 0.1) is 12.3 Å². The molecule has 3 aromatic rings. The number of hydrogen-bond donors (Lipinski definition) is 0. The normalized spacial score (nSPS) is 11.5. The van der Waals surface area contributed by atoms with E-state index < -0.39 is 11.9 Å². The Labute approximate surface area is 185 Å². The average molecular weight is 443 g/mol. The summed E-state index contributed by atoms with van der Waals surface area (Å²) in [6.07, 6.45) is 3.50. The third-order valence-corrected chi connectivity index (χ3v) is 4.68. The first-order chi connectivity index (χ1) is 15.1. The molecule has 0 spiro atoms. The molecule has 10 heteroatoms. The Bertz CT molecular complexity index is 1100. The number of imidazole rings is 1. The molecule has 168 valence electrons. The lowest BCUT2D eigenvalue weighted by atomic mass is 10.1. The highest BCUT2D eigenvalue weighted by Crippen LogP contribution is 2.32. The van der Waals surface area contributed by atoms with E-state index in [1.807, 2.05) is 45.0 Å². The van der Waals surface area contributed by atoms with Gasteiger partial charge in [0.1, 0.15) is 12.2 Å². The molecule has 0 saturated carbocycles. The molecule has 0 fully saturated rings. The number of nitrogens with zero attached hydrogens (tertiary/aromatic N) is 7. The zero-order chi connectivity index (χ0) is 23.5. The van der Waals surface area contributed by atoms with Crippen LogP contribution in [0.1, 0.15) is 31.1 Å². The maximum absolute atomic E-state index is 13.2. The van der Waals surface area contributed by atoms with Gasteiger partial charge in [0.15, 0.2) is 5.69 Å². The summed E-state index contributed by atoms with van der Waals surface area (Å²) in [6, 6.07) is 7.00. The molecule has 0 atom stereocenters. The van der Waals surface area contributed by atoms with Crippen molar-refractivity contribution in [3.8, 4) is 23.7 Å². The maximum Gasteiger partial charge on any atom is 0.434 e. The summed E-state index contributed by atoms with van der Waals surface area (Å²) < 4.78 is 41.0. The van der Waals surface area contributed by atoms with Crippen LogP contribution in [0.5, 0.6) is 0 Å². The smallest absolute Gasteiger partial charge is 0.347 e. The first-order valence-corrected chi connectivity index (χ1v) is 9.90. The summed E-state index contributed by atoms with van der Waals surface area (Å²) in [7, 11) is 3.66. The van der Waals surface area contributed by atoms with Gasteiger partial charge in [-0.3, -0.25) is 0 Å². The predicted octanol–water partition coefficient (Wildman–Crippen LogP) is 4.04. The second-order valence-corrected chi connectivity index (χ2v) is 7.69. The highest BCUT2D eigenvalue weighted by molar-refractivity contribution is 5.57. The summed E-state index contributed by atoms with van der Waals surface area (Å²) in [6.45, 7) is 4.33. The van der Waals surface area contributed by atoms with Gasteiger partial charge >= 0.3 is 6.18 Å². The fourth-order valence-corrected chi connectivity index (χ4v) is 3.07. The van der Waals surface area contributed by atoms with Crippen LogP contribution in [0.4, 0.5) is 25.1 Å². The molecule has 3 rings (SSSR count). The van der Waals surface area contributed by atoms with Crippen molar-refractivity contribution in [2.45, 2.75) is 32.6 Å². The van der Waals surface area contributed by atoms with E-state index in [0.717, 1.165) is 11.8 Å². The van der Waals surface area contributed by atoms with Crippen LogP contribution >= 0.6 is 0 Å². The molecule has 0 unspecified atom stereocenters. The van der Waals surface area contributed by atoms with Gasteiger partial charge in [-0.05, 0) is 19.4 Å². The average Bonchev–Trinajstić information content (AvgIpc) is 3.20. The second-order valence-electron chi connectivity index (χ2n) is 7.69. The van der Waals surface area contributed by atoms with Crippen LogP contribution in [0.25, 0.3) is 11.4 Å². The summed E-state index contributed by atoms with van der Waals surface area (Å²) >= 11 is 0. The van der Waals surface area contributed by atoms with Gasteiger partial charge in [-0.15, -0.1) is 6.42 Å². The number of alkyl halides is 3. The van der Waals surface area contributed by atoms with Crippen LogP contribution in [0.3, 0.4) is 0 Å². The minimum absolute atomic E-state index is 0.172. The van der Waals surface area contributed by atoms with E-state index in [1.165, 1.54) is 10.9 Å². The monoisotopic (exact) mass is 443 g/mol. The number of anilines is 2. The largest absolute Gasteiger partial charge is 0.434 e.